The standard InChI is InChI=1S/C13H15FN4/c14-11-3-1-10(2-4-11)7-8-16-12-5-6-13(18-15)17-9-12/h1-6,9,16H,7-8,15H2,(H,17,18). The van der Waals surface area contributed by atoms with Gasteiger partial charge in [-0.05, 0) is 36.2 Å². The minimum absolute atomic E-state index is 0.208. The summed E-state index contributed by atoms with van der Waals surface area (Å²) >= 11 is 0. The van der Waals surface area contributed by atoms with Crippen LogP contribution in [0.1, 0.15) is 5.56 Å². The number of hydrogen-bond acceptors (Lipinski definition) is 4. The van der Waals surface area contributed by atoms with Gasteiger partial charge in [-0.15, -0.1) is 0 Å². The third-order valence-corrected chi connectivity index (χ3v) is 2.57. The molecule has 0 bridgehead atoms. The maximum Gasteiger partial charge on any atom is 0.140 e. The van der Waals surface area contributed by atoms with Gasteiger partial charge in [-0.2, -0.15) is 0 Å². The zero-order valence-corrected chi connectivity index (χ0v) is 9.86. The van der Waals surface area contributed by atoms with E-state index in [2.05, 4.69) is 15.7 Å². The van der Waals surface area contributed by atoms with Gasteiger partial charge >= 0.3 is 0 Å². The molecule has 0 unspecified atom stereocenters. The van der Waals surface area contributed by atoms with Crippen LogP contribution in [0.2, 0.25) is 0 Å². The van der Waals surface area contributed by atoms with Crippen molar-refractivity contribution in [3.63, 3.8) is 0 Å². The Hall–Kier alpha value is -2.14. The number of rotatable bonds is 5. The minimum atomic E-state index is -0.208. The molecule has 0 saturated heterocycles. The van der Waals surface area contributed by atoms with Crippen molar-refractivity contribution < 1.29 is 4.39 Å². The largest absolute Gasteiger partial charge is 0.383 e. The second-order valence-corrected chi connectivity index (χ2v) is 3.88. The van der Waals surface area contributed by atoms with Gasteiger partial charge in [-0.3, -0.25) is 0 Å². The van der Waals surface area contributed by atoms with Gasteiger partial charge in [0.1, 0.15) is 11.6 Å². The van der Waals surface area contributed by atoms with E-state index < -0.39 is 0 Å². The van der Waals surface area contributed by atoms with Crippen LogP contribution >= 0.6 is 0 Å². The number of nitrogens with two attached hydrogens (primary N) is 1. The lowest BCUT2D eigenvalue weighted by atomic mass is 10.1. The maximum absolute atomic E-state index is 12.7. The van der Waals surface area contributed by atoms with E-state index in [1.165, 1.54) is 12.1 Å². The van der Waals surface area contributed by atoms with Gasteiger partial charge in [0.05, 0.1) is 11.9 Å². The smallest absolute Gasteiger partial charge is 0.140 e. The Morgan fingerprint density at radius 3 is 2.50 bits per heavy atom. The molecule has 0 saturated carbocycles. The number of nitrogens with one attached hydrogen (secondary N) is 2. The molecule has 1 aromatic carbocycles. The average molecular weight is 246 g/mol. The average Bonchev–Trinajstić information content (AvgIpc) is 2.42. The Bertz CT molecular complexity index is 481. The monoisotopic (exact) mass is 246 g/mol. The molecule has 0 spiro atoms. The van der Waals surface area contributed by atoms with E-state index in [-0.39, 0.29) is 5.82 Å². The summed E-state index contributed by atoms with van der Waals surface area (Å²) < 4.78 is 12.7. The first kappa shape index (κ1) is 12.3. The highest BCUT2D eigenvalue weighted by Gasteiger charge is 1.96. The van der Waals surface area contributed by atoms with E-state index in [1.807, 2.05) is 6.07 Å². The van der Waals surface area contributed by atoms with E-state index in [0.717, 1.165) is 24.2 Å². The fourth-order valence-electron chi connectivity index (χ4n) is 1.59. The fourth-order valence-corrected chi connectivity index (χ4v) is 1.59. The van der Waals surface area contributed by atoms with Crippen molar-refractivity contribution in [1.29, 1.82) is 0 Å². The first-order valence-corrected chi connectivity index (χ1v) is 5.69. The summed E-state index contributed by atoms with van der Waals surface area (Å²) in [7, 11) is 0. The quantitative estimate of drug-likeness (QED) is 0.559. The first-order valence-electron chi connectivity index (χ1n) is 5.69. The highest BCUT2D eigenvalue weighted by Crippen LogP contribution is 2.09. The molecule has 1 heterocycles. The van der Waals surface area contributed by atoms with Crippen LogP contribution in [0.3, 0.4) is 0 Å². The molecule has 2 aromatic rings. The molecule has 2 rings (SSSR count). The molecule has 0 aliphatic rings. The molecule has 0 amide bonds. The molecule has 0 fully saturated rings. The van der Waals surface area contributed by atoms with Crippen LogP contribution < -0.4 is 16.6 Å². The van der Waals surface area contributed by atoms with Gasteiger partial charge in [0.2, 0.25) is 0 Å². The summed E-state index contributed by atoms with van der Waals surface area (Å²) in [5, 5.41) is 3.23. The SMILES string of the molecule is NNc1ccc(NCCc2ccc(F)cc2)cn1. The van der Waals surface area contributed by atoms with Gasteiger partial charge in [-0.25, -0.2) is 15.2 Å². The molecule has 4 N–H and O–H groups in total. The van der Waals surface area contributed by atoms with E-state index in [1.54, 1.807) is 24.4 Å². The van der Waals surface area contributed by atoms with Crippen LogP contribution in [0.5, 0.6) is 0 Å². The Kier molecular flexibility index (Phi) is 4.09. The van der Waals surface area contributed by atoms with Crippen LogP contribution in [0.25, 0.3) is 0 Å². The van der Waals surface area contributed by atoms with Crippen molar-refractivity contribution >= 4 is 11.5 Å². The highest BCUT2D eigenvalue weighted by atomic mass is 19.1. The second kappa shape index (κ2) is 5.97. The number of anilines is 2. The summed E-state index contributed by atoms with van der Waals surface area (Å²) in [5.74, 6) is 5.64. The molecule has 5 heteroatoms. The summed E-state index contributed by atoms with van der Waals surface area (Å²) in [6.07, 6.45) is 2.54. The second-order valence-electron chi connectivity index (χ2n) is 3.88. The van der Waals surface area contributed by atoms with Crippen LogP contribution in [-0.2, 0) is 6.42 Å². The normalized spacial score (nSPS) is 10.1. The molecule has 94 valence electrons. The zero-order chi connectivity index (χ0) is 12.8. The number of nitrogens with zero attached hydrogens (tertiary/aromatic N) is 1. The van der Waals surface area contributed by atoms with Crippen molar-refractivity contribution in [3.05, 3.63) is 54.0 Å². The Labute approximate surface area is 105 Å². The topological polar surface area (TPSA) is 63.0 Å². The maximum atomic E-state index is 12.7. The lowest BCUT2D eigenvalue weighted by Crippen LogP contribution is -2.09. The number of benzene rings is 1. The van der Waals surface area contributed by atoms with E-state index in [0.29, 0.717) is 5.82 Å². The van der Waals surface area contributed by atoms with Crippen LogP contribution in [0.15, 0.2) is 42.6 Å². The van der Waals surface area contributed by atoms with Crippen LogP contribution in [0.4, 0.5) is 15.9 Å². The summed E-state index contributed by atoms with van der Waals surface area (Å²) in [6, 6.07) is 10.2. The number of hydrogen-bond donors (Lipinski definition) is 3. The lowest BCUT2D eigenvalue weighted by Gasteiger charge is -2.07. The van der Waals surface area contributed by atoms with Crippen LogP contribution in [0, 0.1) is 5.82 Å². The lowest BCUT2D eigenvalue weighted by molar-refractivity contribution is 0.627. The summed E-state index contributed by atoms with van der Waals surface area (Å²) in [6.45, 7) is 0.767. The molecule has 0 radical (unpaired) electrons. The van der Waals surface area contributed by atoms with Crippen molar-refractivity contribution in [2.45, 2.75) is 6.42 Å². The summed E-state index contributed by atoms with van der Waals surface area (Å²) in [5.41, 5.74) is 4.49. The molecule has 0 aliphatic heterocycles. The first-order chi connectivity index (χ1) is 8.78. The molecule has 18 heavy (non-hydrogen) atoms. The molecule has 1 aromatic heterocycles. The number of aromatic nitrogens is 1. The Morgan fingerprint density at radius 2 is 1.89 bits per heavy atom. The van der Waals surface area contributed by atoms with Gasteiger partial charge in [-0.1, -0.05) is 12.1 Å². The predicted molar refractivity (Wildman–Crippen MR) is 70.6 cm³/mol. The number of halogens is 1. The third-order valence-electron chi connectivity index (χ3n) is 2.57. The molecular formula is C13H15FN4. The van der Waals surface area contributed by atoms with Gasteiger partial charge in [0.25, 0.3) is 0 Å². The van der Waals surface area contributed by atoms with Gasteiger partial charge in [0, 0.05) is 6.54 Å². The van der Waals surface area contributed by atoms with Crippen molar-refractivity contribution in [2.24, 2.45) is 5.84 Å². The summed E-state index contributed by atoms with van der Waals surface area (Å²) in [4.78, 5) is 4.09. The van der Waals surface area contributed by atoms with E-state index in [4.69, 9.17) is 5.84 Å². The third kappa shape index (κ3) is 3.43. The Morgan fingerprint density at radius 1 is 1.11 bits per heavy atom. The predicted octanol–water partition coefficient (Wildman–Crippen LogP) is 2.16. The molecule has 0 atom stereocenters. The van der Waals surface area contributed by atoms with E-state index in [9.17, 15) is 4.39 Å². The molecular weight excluding hydrogens is 231 g/mol. The number of pyridine rings is 1. The minimum Gasteiger partial charge on any atom is -0.383 e. The highest BCUT2D eigenvalue weighted by molar-refractivity contribution is 5.46. The van der Waals surface area contributed by atoms with Gasteiger partial charge in [0.15, 0.2) is 0 Å². The number of nitrogen functional groups attached to an aromatic ring is 1. The molecule has 4 nitrogen and oxygen atoms in total. The Balaban J connectivity index is 1.82. The zero-order valence-electron chi connectivity index (χ0n) is 9.86. The van der Waals surface area contributed by atoms with Crippen molar-refractivity contribution in [1.82, 2.24) is 4.98 Å². The number of hydrazine groups is 1. The van der Waals surface area contributed by atoms with Crippen LogP contribution in [-0.4, -0.2) is 11.5 Å². The molecule has 0 aliphatic carbocycles. The van der Waals surface area contributed by atoms with Crippen molar-refractivity contribution in [2.75, 3.05) is 17.3 Å². The fraction of sp³-hybridized carbons (Fsp3) is 0.154. The van der Waals surface area contributed by atoms with Gasteiger partial charge < -0.3 is 10.7 Å². The van der Waals surface area contributed by atoms with Crippen molar-refractivity contribution in [3.8, 4) is 0 Å². The van der Waals surface area contributed by atoms with E-state index >= 15 is 0 Å².